The van der Waals surface area contributed by atoms with E-state index in [-0.39, 0.29) is 30.9 Å². The molecule has 1 aliphatic rings. The van der Waals surface area contributed by atoms with Gasteiger partial charge in [-0.2, -0.15) is 0 Å². The summed E-state index contributed by atoms with van der Waals surface area (Å²) in [5.41, 5.74) is 1.69. The number of nitrogens with zero attached hydrogens (tertiary/aromatic N) is 1. The monoisotopic (exact) mass is 321 g/mol. The highest BCUT2D eigenvalue weighted by Gasteiger charge is 2.25. The van der Waals surface area contributed by atoms with Crippen LogP contribution in [0.15, 0.2) is 47.9 Å². The van der Waals surface area contributed by atoms with Gasteiger partial charge in [0.25, 0.3) is 0 Å². The first-order valence-corrected chi connectivity index (χ1v) is 8.27. The molecule has 1 amide bonds. The van der Waals surface area contributed by atoms with Gasteiger partial charge in [0.2, 0.25) is 5.91 Å². The molecule has 0 aliphatic heterocycles. The molecule has 0 aromatic carbocycles. The molecule has 23 heavy (non-hydrogen) atoms. The van der Waals surface area contributed by atoms with Crippen LogP contribution in [-0.2, 0) is 4.79 Å². The summed E-state index contributed by atoms with van der Waals surface area (Å²) in [5, 5.41) is 9.01. The lowest BCUT2D eigenvalue weighted by Gasteiger charge is -2.33. The molecule has 0 aromatic rings. The molecule has 0 aromatic heterocycles. The molecule has 4 heteroatoms. The van der Waals surface area contributed by atoms with E-state index >= 15 is 0 Å². The maximum atomic E-state index is 14.2. The lowest BCUT2D eigenvalue weighted by Crippen LogP contribution is -2.41. The van der Waals surface area contributed by atoms with Crippen LogP contribution in [0.1, 0.15) is 46.0 Å². The third kappa shape index (κ3) is 6.14. The van der Waals surface area contributed by atoms with Crippen molar-refractivity contribution in [2.75, 3.05) is 13.2 Å². The lowest BCUT2D eigenvalue weighted by atomic mass is 9.92. The Morgan fingerprint density at radius 2 is 2.30 bits per heavy atom. The summed E-state index contributed by atoms with van der Waals surface area (Å²) in [6.07, 6.45) is 10.7. The summed E-state index contributed by atoms with van der Waals surface area (Å²) >= 11 is 0. The molecule has 0 saturated heterocycles. The molecular formula is C19H28FNO2. The number of aliphatic hydroxyl groups is 1. The van der Waals surface area contributed by atoms with Crippen LogP contribution in [0.5, 0.6) is 0 Å². The fraction of sp³-hybridized carbons (Fsp3) is 0.526. The number of rotatable bonds is 8. The summed E-state index contributed by atoms with van der Waals surface area (Å²) in [4.78, 5) is 14.0. The van der Waals surface area contributed by atoms with Crippen LogP contribution < -0.4 is 0 Å². The van der Waals surface area contributed by atoms with Gasteiger partial charge in [0.05, 0.1) is 6.54 Å². The first-order valence-electron chi connectivity index (χ1n) is 8.27. The molecule has 1 unspecified atom stereocenters. The summed E-state index contributed by atoms with van der Waals surface area (Å²) in [5.74, 6) is -0.466. The van der Waals surface area contributed by atoms with Crippen LogP contribution in [0, 0.1) is 0 Å². The fourth-order valence-corrected chi connectivity index (χ4v) is 2.61. The molecule has 0 spiro atoms. The highest BCUT2D eigenvalue weighted by molar-refractivity contribution is 5.88. The van der Waals surface area contributed by atoms with E-state index in [1.165, 1.54) is 17.7 Å². The summed E-state index contributed by atoms with van der Waals surface area (Å²) in [7, 11) is 0. The number of hydrogen-bond donors (Lipinski definition) is 1. The topological polar surface area (TPSA) is 40.5 Å². The molecule has 128 valence electrons. The number of carbonyl (C=O) groups is 1. The van der Waals surface area contributed by atoms with Crippen LogP contribution in [0.25, 0.3) is 0 Å². The van der Waals surface area contributed by atoms with Gasteiger partial charge in [0.1, 0.15) is 5.83 Å². The SMILES string of the molecule is C=C/C(C)=C(/F)CN(C(=O)/C=C\CC)C1CC=C(CCO)CC1. The van der Waals surface area contributed by atoms with Crippen molar-refractivity contribution < 1.29 is 14.3 Å². The zero-order valence-corrected chi connectivity index (χ0v) is 14.2. The lowest BCUT2D eigenvalue weighted by molar-refractivity contribution is -0.128. The summed E-state index contributed by atoms with van der Waals surface area (Å²) < 4.78 is 14.2. The predicted octanol–water partition coefficient (Wildman–Crippen LogP) is 4.07. The molecule has 0 radical (unpaired) electrons. The zero-order valence-electron chi connectivity index (χ0n) is 14.2. The Kier molecular flexibility index (Phi) is 8.56. The van der Waals surface area contributed by atoms with Gasteiger partial charge in [0, 0.05) is 12.6 Å². The van der Waals surface area contributed by atoms with Gasteiger partial charge in [-0.3, -0.25) is 4.79 Å². The molecule has 0 fully saturated rings. The third-order valence-corrected chi connectivity index (χ3v) is 4.17. The van der Waals surface area contributed by atoms with E-state index < -0.39 is 0 Å². The largest absolute Gasteiger partial charge is 0.396 e. The van der Waals surface area contributed by atoms with Crippen LogP contribution in [0.3, 0.4) is 0 Å². The van der Waals surface area contributed by atoms with Crippen molar-refractivity contribution in [1.29, 1.82) is 0 Å². The summed E-state index contributed by atoms with van der Waals surface area (Å²) in [6, 6.07) is -0.00480. The van der Waals surface area contributed by atoms with Gasteiger partial charge in [0.15, 0.2) is 0 Å². The standard InChI is InChI=1S/C19H28FNO2/c1-4-6-7-19(23)21(14-18(20)15(3)5-2)17-10-8-16(9-11-17)12-13-22/h5-8,17,22H,2,4,9-14H2,1,3H3/b7-6-,18-15+. The maximum absolute atomic E-state index is 14.2. The van der Waals surface area contributed by atoms with Gasteiger partial charge < -0.3 is 10.0 Å². The van der Waals surface area contributed by atoms with Gasteiger partial charge in [-0.25, -0.2) is 4.39 Å². The molecule has 0 heterocycles. The van der Waals surface area contributed by atoms with Crippen molar-refractivity contribution in [1.82, 2.24) is 4.90 Å². The fourth-order valence-electron chi connectivity index (χ4n) is 2.61. The normalized spacial score (nSPS) is 19.3. The Bertz CT molecular complexity index is 505. The van der Waals surface area contributed by atoms with E-state index in [0.29, 0.717) is 18.4 Å². The second-order valence-electron chi connectivity index (χ2n) is 5.83. The molecule has 1 N–H and O–H groups in total. The Morgan fingerprint density at radius 1 is 1.57 bits per heavy atom. The molecule has 3 nitrogen and oxygen atoms in total. The number of carbonyl (C=O) groups excluding carboxylic acids is 1. The van der Waals surface area contributed by atoms with Gasteiger partial charge >= 0.3 is 0 Å². The average molecular weight is 321 g/mol. The molecule has 1 rings (SSSR count). The summed E-state index contributed by atoms with van der Waals surface area (Å²) in [6.45, 7) is 7.33. The predicted molar refractivity (Wildman–Crippen MR) is 92.6 cm³/mol. The number of halogens is 1. The van der Waals surface area contributed by atoms with E-state index in [4.69, 9.17) is 5.11 Å². The van der Waals surface area contributed by atoms with E-state index in [1.807, 2.05) is 6.92 Å². The van der Waals surface area contributed by atoms with Crippen LogP contribution in [0.4, 0.5) is 4.39 Å². The van der Waals surface area contributed by atoms with Crippen LogP contribution >= 0.6 is 0 Å². The Morgan fingerprint density at radius 3 is 2.83 bits per heavy atom. The average Bonchev–Trinajstić information content (AvgIpc) is 2.57. The molecular weight excluding hydrogens is 293 g/mol. The first kappa shape index (κ1) is 19.4. The molecule has 0 saturated carbocycles. The first-order chi connectivity index (χ1) is 11.0. The number of aliphatic hydroxyl groups excluding tert-OH is 1. The Balaban J connectivity index is 2.90. The number of hydrogen-bond acceptors (Lipinski definition) is 2. The molecule has 1 aliphatic carbocycles. The van der Waals surface area contributed by atoms with Crippen molar-refractivity contribution >= 4 is 5.91 Å². The Hall–Kier alpha value is -1.68. The highest BCUT2D eigenvalue weighted by atomic mass is 19.1. The third-order valence-electron chi connectivity index (χ3n) is 4.17. The van der Waals surface area contributed by atoms with E-state index in [1.54, 1.807) is 17.9 Å². The number of allylic oxidation sites excluding steroid dienone is 3. The van der Waals surface area contributed by atoms with E-state index in [0.717, 1.165) is 19.3 Å². The second-order valence-corrected chi connectivity index (χ2v) is 5.83. The minimum Gasteiger partial charge on any atom is -0.396 e. The van der Waals surface area contributed by atoms with E-state index in [2.05, 4.69) is 12.7 Å². The van der Waals surface area contributed by atoms with Crippen molar-refractivity contribution in [3.63, 3.8) is 0 Å². The zero-order chi connectivity index (χ0) is 17.2. The van der Waals surface area contributed by atoms with E-state index in [9.17, 15) is 9.18 Å². The minimum absolute atomic E-state index is 0.00480. The van der Waals surface area contributed by atoms with Crippen molar-refractivity contribution in [3.8, 4) is 0 Å². The van der Waals surface area contributed by atoms with Gasteiger partial charge in [-0.15, -0.1) is 0 Å². The second kappa shape index (κ2) is 10.2. The van der Waals surface area contributed by atoms with Crippen LogP contribution in [-0.4, -0.2) is 35.1 Å². The quantitative estimate of drug-likeness (QED) is 0.416. The van der Waals surface area contributed by atoms with Crippen molar-refractivity contribution in [2.24, 2.45) is 0 Å². The Labute approximate surface area is 138 Å². The number of amides is 1. The van der Waals surface area contributed by atoms with Gasteiger partial charge in [-0.1, -0.05) is 37.3 Å². The maximum Gasteiger partial charge on any atom is 0.246 e. The molecule has 1 atom stereocenters. The highest BCUT2D eigenvalue weighted by Crippen LogP contribution is 2.26. The smallest absolute Gasteiger partial charge is 0.246 e. The van der Waals surface area contributed by atoms with Gasteiger partial charge in [-0.05, 0) is 50.7 Å². The van der Waals surface area contributed by atoms with Crippen molar-refractivity contribution in [2.45, 2.75) is 52.0 Å². The minimum atomic E-state index is -0.316. The van der Waals surface area contributed by atoms with Crippen LogP contribution in [0.2, 0.25) is 0 Å². The molecule has 0 bridgehead atoms. The van der Waals surface area contributed by atoms with Crippen molar-refractivity contribution in [3.05, 3.63) is 47.9 Å².